The van der Waals surface area contributed by atoms with Crippen molar-refractivity contribution in [2.24, 2.45) is 5.92 Å². The molecule has 0 radical (unpaired) electrons. The van der Waals surface area contributed by atoms with Crippen LogP contribution in [0.5, 0.6) is 0 Å². The number of nitro groups is 1. The summed E-state index contributed by atoms with van der Waals surface area (Å²) in [5.74, 6) is -1.30. The predicted molar refractivity (Wildman–Crippen MR) is 65.5 cm³/mol. The van der Waals surface area contributed by atoms with Gasteiger partial charge < -0.3 is 10.4 Å². The zero-order valence-corrected chi connectivity index (χ0v) is 10.4. The summed E-state index contributed by atoms with van der Waals surface area (Å²) in [4.78, 5) is 25.3. The molecule has 1 aromatic heterocycles. The molecule has 1 aromatic rings. The quantitative estimate of drug-likeness (QED) is 0.612. The Hall–Kier alpha value is -2.18. The van der Waals surface area contributed by atoms with Crippen LogP contribution in [0, 0.1) is 23.0 Å². The summed E-state index contributed by atoms with van der Waals surface area (Å²) in [6, 6.07) is 0.590. The highest BCUT2D eigenvalue weighted by molar-refractivity contribution is 5.78. The number of pyridine rings is 1. The van der Waals surface area contributed by atoms with Gasteiger partial charge in [0.2, 0.25) is 5.82 Å². The first-order chi connectivity index (χ1) is 8.34. The second-order valence-corrected chi connectivity index (χ2v) is 4.29. The van der Waals surface area contributed by atoms with E-state index in [4.69, 9.17) is 5.11 Å². The average Bonchev–Trinajstić information content (AvgIpc) is 2.24. The maximum absolute atomic E-state index is 11.1. The minimum atomic E-state index is -1.07. The van der Waals surface area contributed by atoms with E-state index in [1.165, 1.54) is 12.3 Å². The number of nitrogens with one attached hydrogen (secondary N) is 1. The summed E-state index contributed by atoms with van der Waals surface area (Å²) >= 11 is 0. The van der Waals surface area contributed by atoms with Crippen LogP contribution >= 0.6 is 0 Å². The van der Waals surface area contributed by atoms with Gasteiger partial charge in [-0.05, 0) is 18.9 Å². The molecule has 0 aromatic carbocycles. The Kier molecular flexibility index (Phi) is 4.19. The molecule has 1 rings (SSSR count). The molecule has 1 heterocycles. The number of hydrogen-bond acceptors (Lipinski definition) is 5. The second-order valence-electron chi connectivity index (χ2n) is 4.29. The highest BCUT2D eigenvalue weighted by Crippen LogP contribution is 2.26. The maximum atomic E-state index is 11.1. The molecule has 7 heteroatoms. The van der Waals surface area contributed by atoms with Gasteiger partial charge in [-0.15, -0.1) is 0 Å². The zero-order chi connectivity index (χ0) is 13.9. The minimum Gasteiger partial charge on any atom is -0.480 e. The van der Waals surface area contributed by atoms with E-state index in [0.717, 1.165) is 0 Å². The normalized spacial score (nSPS) is 12.2. The third-order valence-corrected chi connectivity index (χ3v) is 2.53. The first kappa shape index (κ1) is 13.9. The minimum absolute atomic E-state index is 0.0129. The van der Waals surface area contributed by atoms with E-state index in [1.54, 1.807) is 20.8 Å². The molecule has 0 saturated carbocycles. The molecule has 1 unspecified atom stereocenters. The molecule has 0 aliphatic carbocycles. The number of rotatable bonds is 5. The van der Waals surface area contributed by atoms with E-state index < -0.39 is 16.9 Å². The Morgan fingerprint density at radius 3 is 2.61 bits per heavy atom. The third kappa shape index (κ3) is 2.93. The highest BCUT2D eigenvalue weighted by Gasteiger charge is 2.26. The monoisotopic (exact) mass is 253 g/mol. The molecule has 0 spiro atoms. The SMILES string of the molecule is Cc1ccnc(NC(C(=O)O)C(C)C)c1[N+](=O)[O-]. The summed E-state index contributed by atoms with van der Waals surface area (Å²) in [5, 5.41) is 22.6. The van der Waals surface area contributed by atoms with E-state index >= 15 is 0 Å². The number of anilines is 1. The fraction of sp³-hybridized carbons (Fsp3) is 0.455. The van der Waals surface area contributed by atoms with E-state index in [2.05, 4.69) is 10.3 Å². The Morgan fingerprint density at radius 1 is 1.56 bits per heavy atom. The summed E-state index contributed by atoms with van der Waals surface area (Å²) < 4.78 is 0. The van der Waals surface area contributed by atoms with Crippen molar-refractivity contribution in [2.75, 3.05) is 5.32 Å². The molecular weight excluding hydrogens is 238 g/mol. The van der Waals surface area contributed by atoms with Gasteiger partial charge in [-0.3, -0.25) is 10.1 Å². The maximum Gasteiger partial charge on any atom is 0.326 e. The molecule has 7 nitrogen and oxygen atoms in total. The number of carbonyl (C=O) groups is 1. The van der Waals surface area contributed by atoms with Gasteiger partial charge in [0.05, 0.1) is 4.92 Å². The predicted octanol–water partition coefficient (Wildman–Crippen LogP) is 1.82. The molecule has 0 fully saturated rings. The lowest BCUT2D eigenvalue weighted by Crippen LogP contribution is -2.34. The third-order valence-electron chi connectivity index (χ3n) is 2.53. The first-order valence-corrected chi connectivity index (χ1v) is 5.44. The van der Waals surface area contributed by atoms with Crippen LogP contribution in [0.4, 0.5) is 11.5 Å². The zero-order valence-electron chi connectivity index (χ0n) is 10.4. The molecule has 0 bridgehead atoms. The Morgan fingerprint density at radius 2 is 2.17 bits per heavy atom. The summed E-state index contributed by atoms with van der Waals surface area (Å²) in [7, 11) is 0. The van der Waals surface area contributed by atoms with Crippen LogP contribution in [0.15, 0.2) is 12.3 Å². The molecule has 0 aliphatic rings. The fourth-order valence-corrected chi connectivity index (χ4v) is 1.55. The van der Waals surface area contributed by atoms with E-state index in [9.17, 15) is 14.9 Å². The number of carboxylic acids is 1. The van der Waals surface area contributed by atoms with Crippen molar-refractivity contribution in [3.05, 3.63) is 27.9 Å². The Labute approximate surface area is 104 Å². The number of hydrogen-bond donors (Lipinski definition) is 2. The van der Waals surface area contributed by atoms with Gasteiger partial charge in [-0.25, -0.2) is 9.78 Å². The lowest BCUT2D eigenvalue weighted by atomic mass is 10.0. The van der Waals surface area contributed by atoms with Gasteiger partial charge in [0, 0.05) is 11.8 Å². The van der Waals surface area contributed by atoms with E-state index in [-0.39, 0.29) is 17.4 Å². The van der Waals surface area contributed by atoms with Crippen molar-refractivity contribution >= 4 is 17.5 Å². The fourth-order valence-electron chi connectivity index (χ4n) is 1.55. The van der Waals surface area contributed by atoms with Crippen LogP contribution < -0.4 is 5.32 Å². The molecule has 0 aliphatic heterocycles. The van der Waals surface area contributed by atoms with Crippen molar-refractivity contribution in [2.45, 2.75) is 26.8 Å². The largest absolute Gasteiger partial charge is 0.480 e. The van der Waals surface area contributed by atoms with E-state index in [0.29, 0.717) is 5.56 Å². The average molecular weight is 253 g/mol. The van der Waals surface area contributed by atoms with Crippen molar-refractivity contribution in [3.8, 4) is 0 Å². The summed E-state index contributed by atoms with van der Waals surface area (Å²) in [6.45, 7) is 5.01. The van der Waals surface area contributed by atoms with Gasteiger partial charge in [0.15, 0.2) is 0 Å². The van der Waals surface area contributed by atoms with E-state index in [1.807, 2.05) is 0 Å². The van der Waals surface area contributed by atoms with Crippen LogP contribution in [-0.4, -0.2) is 27.0 Å². The van der Waals surface area contributed by atoms with Crippen molar-refractivity contribution in [1.82, 2.24) is 4.98 Å². The smallest absolute Gasteiger partial charge is 0.326 e. The van der Waals surface area contributed by atoms with Crippen molar-refractivity contribution in [3.63, 3.8) is 0 Å². The molecule has 18 heavy (non-hydrogen) atoms. The highest BCUT2D eigenvalue weighted by atomic mass is 16.6. The number of nitrogens with zero attached hydrogens (tertiary/aromatic N) is 2. The van der Waals surface area contributed by atoms with Gasteiger partial charge in [-0.2, -0.15) is 0 Å². The lowest BCUT2D eigenvalue weighted by molar-refractivity contribution is -0.384. The van der Waals surface area contributed by atoms with Crippen molar-refractivity contribution in [1.29, 1.82) is 0 Å². The standard InChI is InChI=1S/C11H15N3O4/c1-6(2)8(11(15)16)13-10-9(14(17)18)7(3)4-5-12-10/h4-6,8H,1-3H3,(H,12,13)(H,15,16). The van der Waals surface area contributed by atoms with Gasteiger partial charge in [-0.1, -0.05) is 13.8 Å². The first-order valence-electron chi connectivity index (χ1n) is 5.44. The van der Waals surface area contributed by atoms with Gasteiger partial charge >= 0.3 is 11.7 Å². The number of carboxylic acid groups (broad SMARTS) is 1. The summed E-state index contributed by atoms with van der Waals surface area (Å²) in [5.41, 5.74) is 0.245. The number of aryl methyl sites for hydroxylation is 1. The van der Waals surface area contributed by atoms with Gasteiger partial charge in [0.25, 0.3) is 0 Å². The Bertz CT molecular complexity index is 473. The second kappa shape index (κ2) is 5.44. The molecule has 1 atom stereocenters. The molecular formula is C11H15N3O4. The molecule has 0 amide bonds. The molecule has 2 N–H and O–H groups in total. The Balaban J connectivity index is 3.14. The van der Waals surface area contributed by atoms with Crippen LogP contribution in [0.2, 0.25) is 0 Å². The molecule has 0 saturated heterocycles. The van der Waals surface area contributed by atoms with Crippen LogP contribution in [-0.2, 0) is 4.79 Å². The van der Waals surface area contributed by atoms with Crippen LogP contribution in [0.25, 0.3) is 0 Å². The summed E-state index contributed by atoms with van der Waals surface area (Å²) in [6.07, 6.45) is 1.41. The van der Waals surface area contributed by atoms with Crippen molar-refractivity contribution < 1.29 is 14.8 Å². The number of aliphatic carboxylic acids is 1. The number of aromatic nitrogens is 1. The van der Waals surface area contributed by atoms with Gasteiger partial charge in [0.1, 0.15) is 6.04 Å². The van der Waals surface area contributed by atoms with Crippen LogP contribution in [0.1, 0.15) is 19.4 Å². The van der Waals surface area contributed by atoms with Crippen LogP contribution in [0.3, 0.4) is 0 Å². The molecule has 98 valence electrons. The lowest BCUT2D eigenvalue weighted by Gasteiger charge is -2.18. The topological polar surface area (TPSA) is 105 Å².